The standard InChI is InChI=1S/Ni.H2O3Te/c;1-4(2)3/h;(H2,1,2,3). The molecule has 5 heavy (non-hydrogen) atoms. The van der Waals surface area contributed by atoms with Gasteiger partial charge in [0.25, 0.3) is 0 Å². The smallest absolute Gasteiger partial charge is 0 e. The Balaban J connectivity index is 0. The van der Waals surface area contributed by atoms with Crippen LogP contribution in [-0.2, 0) is 19.6 Å². The van der Waals surface area contributed by atoms with Crippen molar-refractivity contribution in [2.24, 2.45) is 0 Å². The predicted octanol–water partition coefficient (Wildman–Crippen LogP) is -1.62. The molecule has 0 aromatic rings. The van der Waals surface area contributed by atoms with E-state index in [2.05, 4.69) is 0 Å². The van der Waals surface area contributed by atoms with Crippen molar-refractivity contribution in [3.63, 3.8) is 0 Å². The number of rotatable bonds is 0. The summed E-state index contributed by atoms with van der Waals surface area (Å²) in [5.74, 6) is 0. The van der Waals surface area contributed by atoms with Gasteiger partial charge in [0.1, 0.15) is 0 Å². The van der Waals surface area contributed by atoms with E-state index < -0.39 is 20.4 Å². The number of hydrogen-bond acceptors (Lipinski definition) is 1. The quantitative estimate of drug-likeness (QED) is 0.497. The maximum Gasteiger partial charge on any atom is 0 e. The van der Waals surface area contributed by atoms with E-state index in [1.807, 2.05) is 0 Å². The summed E-state index contributed by atoms with van der Waals surface area (Å²) in [4.78, 5) is 0. The van der Waals surface area contributed by atoms with Gasteiger partial charge in [-0.15, -0.1) is 0 Å². The van der Waals surface area contributed by atoms with Gasteiger partial charge >= 0.3 is 30.4 Å². The summed E-state index contributed by atoms with van der Waals surface area (Å²) in [6.45, 7) is 0. The zero-order chi connectivity index (χ0) is 3.58. The van der Waals surface area contributed by atoms with Crippen molar-refractivity contribution in [1.29, 1.82) is 0 Å². The van der Waals surface area contributed by atoms with Gasteiger partial charge in [0.05, 0.1) is 0 Å². The van der Waals surface area contributed by atoms with Crippen LogP contribution in [0.25, 0.3) is 0 Å². The zero-order valence-electron chi connectivity index (χ0n) is 2.03. The minimum absolute atomic E-state index is 0. The van der Waals surface area contributed by atoms with Gasteiger partial charge in [-0.05, 0) is 0 Å². The van der Waals surface area contributed by atoms with Crippen LogP contribution in [0, 0.1) is 0 Å². The van der Waals surface area contributed by atoms with E-state index in [9.17, 15) is 0 Å². The molecule has 0 aromatic carbocycles. The second-order valence-corrected chi connectivity index (χ2v) is 1.55. The van der Waals surface area contributed by atoms with Crippen LogP contribution in [0.5, 0.6) is 0 Å². The van der Waals surface area contributed by atoms with Crippen LogP contribution in [0.4, 0.5) is 0 Å². The molecule has 0 saturated carbocycles. The monoisotopic (exact) mass is 238 g/mol. The molecule has 3 nitrogen and oxygen atoms in total. The van der Waals surface area contributed by atoms with E-state index in [0.717, 1.165) is 0 Å². The molecule has 0 spiro atoms. The average Bonchev–Trinajstić information content (AvgIpc) is 0.811. The fraction of sp³-hybridized carbons (Fsp3) is 0. The van der Waals surface area contributed by atoms with E-state index in [4.69, 9.17) is 10.0 Å². The summed E-state index contributed by atoms with van der Waals surface area (Å²) in [6, 6.07) is 0. The Bertz CT molecular complexity index is 29.9. The van der Waals surface area contributed by atoms with E-state index in [-0.39, 0.29) is 16.5 Å². The van der Waals surface area contributed by atoms with Crippen molar-refractivity contribution in [2.45, 2.75) is 0 Å². The van der Waals surface area contributed by atoms with E-state index in [0.29, 0.717) is 0 Å². The largest absolute Gasteiger partial charge is 0 e. The summed E-state index contributed by atoms with van der Waals surface area (Å²) >= 11 is -3.61. The van der Waals surface area contributed by atoms with Gasteiger partial charge in [0.2, 0.25) is 0 Å². The third-order valence-electron chi connectivity index (χ3n) is 0. The molecule has 0 atom stereocenters. The van der Waals surface area contributed by atoms with Crippen LogP contribution in [0.2, 0.25) is 0 Å². The molecular weight excluding hydrogens is 234 g/mol. The molecule has 0 bridgehead atoms. The molecule has 0 saturated heterocycles. The molecule has 36 valence electrons. The van der Waals surface area contributed by atoms with Crippen LogP contribution in [-0.4, -0.2) is 27.3 Å². The van der Waals surface area contributed by atoms with Crippen LogP contribution in [0.3, 0.4) is 0 Å². The van der Waals surface area contributed by atoms with Crippen LogP contribution >= 0.6 is 0 Å². The molecule has 0 radical (unpaired) electrons. The maximum absolute atomic E-state index is 8.81. The molecule has 0 aliphatic heterocycles. The summed E-state index contributed by atoms with van der Waals surface area (Å²) < 4.78 is 23.3. The van der Waals surface area contributed by atoms with Gasteiger partial charge in [0, 0.05) is 16.5 Å². The minimum Gasteiger partial charge on any atom is 0 e. The van der Waals surface area contributed by atoms with Gasteiger partial charge in [0.15, 0.2) is 0 Å². The fourth-order valence-corrected chi connectivity index (χ4v) is 0. The Kier molecular flexibility index (Phi) is 9.38. The second-order valence-electron chi connectivity index (χ2n) is 0.231. The fourth-order valence-electron chi connectivity index (χ4n) is 0. The van der Waals surface area contributed by atoms with Crippen LogP contribution in [0.15, 0.2) is 0 Å². The molecule has 0 rings (SSSR count). The first-order valence-corrected chi connectivity index (χ1v) is 3.57. The third kappa shape index (κ3) is 44.8. The first-order valence-electron chi connectivity index (χ1n) is 0.532. The zero-order valence-corrected chi connectivity index (χ0v) is 5.35. The molecule has 0 fully saturated rings. The van der Waals surface area contributed by atoms with Gasteiger partial charge in [-0.1, -0.05) is 0 Å². The SMILES string of the molecule is O=[Te](O)O.[Ni]. The van der Waals surface area contributed by atoms with Crippen molar-refractivity contribution in [3.05, 3.63) is 0 Å². The maximum atomic E-state index is 8.81. The molecule has 0 aromatic heterocycles. The average molecular weight is 236 g/mol. The molecular formula is H2NiO3Te. The van der Waals surface area contributed by atoms with Crippen LogP contribution < -0.4 is 0 Å². The van der Waals surface area contributed by atoms with E-state index in [1.165, 1.54) is 0 Å². The molecule has 0 amide bonds. The minimum atomic E-state index is -3.61. The van der Waals surface area contributed by atoms with Gasteiger partial charge in [-0.25, -0.2) is 0 Å². The Hall–Kier alpha value is 1.00. The summed E-state index contributed by atoms with van der Waals surface area (Å²) in [6.07, 6.45) is 0. The van der Waals surface area contributed by atoms with Crippen molar-refractivity contribution < 1.29 is 26.5 Å². The topological polar surface area (TPSA) is 57.5 Å². The summed E-state index contributed by atoms with van der Waals surface area (Å²) in [5.41, 5.74) is 0. The Labute approximate surface area is 47.0 Å². The molecule has 0 aliphatic carbocycles. The first-order chi connectivity index (χ1) is 1.73. The first kappa shape index (κ1) is 9.38. The van der Waals surface area contributed by atoms with Crippen LogP contribution in [0.1, 0.15) is 0 Å². The number of hydrogen-bond donors (Lipinski definition) is 2. The van der Waals surface area contributed by atoms with Gasteiger partial charge in [-0.2, -0.15) is 0 Å². The third-order valence-corrected chi connectivity index (χ3v) is 0. The van der Waals surface area contributed by atoms with Gasteiger partial charge < -0.3 is 0 Å². The van der Waals surface area contributed by atoms with E-state index in [1.54, 1.807) is 0 Å². The van der Waals surface area contributed by atoms with Crippen molar-refractivity contribution in [3.8, 4) is 0 Å². The Morgan fingerprint density at radius 2 is 1.40 bits per heavy atom. The Morgan fingerprint density at radius 1 is 1.40 bits per heavy atom. The molecule has 0 heterocycles. The van der Waals surface area contributed by atoms with Crippen molar-refractivity contribution in [2.75, 3.05) is 0 Å². The van der Waals surface area contributed by atoms with Gasteiger partial charge in [-0.3, -0.25) is 0 Å². The molecule has 2 N–H and O–H groups in total. The van der Waals surface area contributed by atoms with Crippen molar-refractivity contribution >= 4 is 20.4 Å². The summed E-state index contributed by atoms with van der Waals surface area (Å²) in [7, 11) is 0. The van der Waals surface area contributed by atoms with E-state index >= 15 is 0 Å². The summed E-state index contributed by atoms with van der Waals surface area (Å²) in [5, 5.41) is 0. The Morgan fingerprint density at radius 3 is 1.40 bits per heavy atom. The van der Waals surface area contributed by atoms with Crippen molar-refractivity contribution in [1.82, 2.24) is 0 Å². The normalized spacial score (nSPS) is 7.00. The predicted molar refractivity (Wildman–Crippen MR) is 10.9 cm³/mol. The molecule has 5 heteroatoms. The second kappa shape index (κ2) is 5.00. The molecule has 0 unspecified atom stereocenters. The molecule has 0 aliphatic rings.